The van der Waals surface area contributed by atoms with Crippen LogP contribution >= 0.6 is 0 Å². The number of furan rings is 1. The topological polar surface area (TPSA) is 98.4 Å². The first-order chi connectivity index (χ1) is 14.1. The number of aromatic nitrogens is 2. The van der Waals surface area contributed by atoms with Gasteiger partial charge in [-0.05, 0) is 49.6 Å². The molecule has 0 radical (unpaired) electrons. The zero-order valence-electron chi connectivity index (χ0n) is 16.3. The lowest BCUT2D eigenvalue weighted by atomic mass is 10.2. The predicted molar refractivity (Wildman–Crippen MR) is 108 cm³/mol. The van der Waals surface area contributed by atoms with Crippen LogP contribution in [0.1, 0.15) is 35.6 Å². The summed E-state index contributed by atoms with van der Waals surface area (Å²) in [6, 6.07) is 8.91. The van der Waals surface area contributed by atoms with E-state index in [0.29, 0.717) is 18.8 Å². The van der Waals surface area contributed by atoms with Crippen molar-refractivity contribution >= 4 is 28.5 Å². The molecule has 1 saturated heterocycles. The van der Waals surface area contributed by atoms with Gasteiger partial charge in [0.1, 0.15) is 11.9 Å². The molecule has 2 N–H and O–H groups in total. The van der Waals surface area contributed by atoms with Crippen LogP contribution in [0.2, 0.25) is 0 Å². The molecule has 3 aromatic rings. The van der Waals surface area contributed by atoms with E-state index in [2.05, 4.69) is 15.6 Å². The minimum absolute atomic E-state index is 0.0237. The maximum atomic E-state index is 12.1. The number of benzene rings is 1. The lowest BCUT2D eigenvalue weighted by Gasteiger charge is -2.10. The number of carbonyl (C=O) groups excluding carboxylic acids is 2. The average Bonchev–Trinajstić information content (AvgIpc) is 3.47. The van der Waals surface area contributed by atoms with E-state index in [1.54, 1.807) is 12.1 Å². The Morgan fingerprint density at radius 1 is 1.31 bits per heavy atom. The summed E-state index contributed by atoms with van der Waals surface area (Å²) in [6.45, 7) is 1.26. The second-order valence-corrected chi connectivity index (χ2v) is 7.12. The molecule has 3 heterocycles. The molecule has 0 spiro atoms. The Kier molecular flexibility index (Phi) is 5.62. The number of anilines is 1. The zero-order chi connectivity index (χ0) is 20.2. The van der Waals surface area contributed by atoms with Gasteiger partial charge in [0, 0.05) is 32.3 Å². The molecule has 0 saturated carbocycles. The number of imidazole rings is 1. The predicted octanol–water partition coefficient (Wildman–Crippen LogP) is 2.65. The summed E-state index contributed by atoms with van der Waals surface area (Å²) in [5, 5.41) is 5.75. The van der Waals surface area contributed by atoms with Gasteiger partial charge in [-0.15, -0.1) is 0 Å². The van der Waals surface area contributed by atoms with E-state index in [9.17, 15) is 9.59 Å². The van der Waals surface area contributed by atoms with Crippen molar-refractivity contribution in [2.75, 3.05) is 18.5 Å². The summed E-state index contributed by atoms with van der Waals surface area (Å²) >= 11 is 0. The van der Waals surface area contributed by atoms with Crippen molar-refractivity contribution in [1.82, 2.24) is 14.9 Å². The zero-order valence-corrected chi connectivity index (χ0v) is 16.3. The quantitative estimate of drug-likeness (QED) is 0.598. The minimum atomic E-state index is -0.299. The van der Waals surface area contributed by atoms with E-state index < -0.39 is 0 Å². The lowest BCUT2D eigenvalue weighted by molar-refractivity contribution is -0.130. The van der Waals surface area contributed by atoms with Gasteiger partial charge >= 0.3 is 0 Å². The van der Waals surface area contributed by atoms with Crippen LogP contribution in [0, 0.1) is 0 Å². The van der Waals surface area contributed by atoms with Gasteiger partial charge in [0.15, 0.2) is 5.76 Å². The number of nitrogens with zero attached hydrogens (tertiary/aromatic N) is 2. The molecule has 8 nitrogen and oxygen atoms in total. The van der Waals surface area contributed by atoms with Crippen LogP contribution in [-0.2, 0) is 23.0 Å². The van der Waals surface area contributed by atoms with Crippen molar-refractivity contribution in [1.29, 1.82) is 0 Å². The third-order valence-corrected chi connectivity index (χ3v) is 5.07. The number of rotatable bonds is 7. The van der Waals surface area contributed by atoms with Crippen molar-refractivity contribution in [3.8, 4) is 0 Å². The van der Waals surface area contributed by atoms with Gasteiger partial charge in [-0.3, -0.25) is 9.59 Å². The van der Waals surface area contributed by atoms with Crippen LogP contribution in [0.3, 0.4) is 0 Å². The molecule has 1 aliphatic rings. The number of fused-ring (bicyclic) bond motifs is 1. The fourth-order valence-corrected chi connectivity index (χ4v) is 3.51. The lowest BCUT2D eigenvalue weighted by Crippen LogP contribution is -2.34. The van der Waals surface area contributed by atoms with Crippen LogP contribution in [0.4, 0.5) is 5.69 Å². The van der Waals surface area contributed by atoms with Gasteiger partial charge in [-0.2, -0.15) is 0 Å². The monoisotopic (exact) mass is 396 g/mol. The van der Waals surface area contributed by atoms with Crippen LogP contribution < -0.4 is 10.6 Å². The highest BCUT2D eigenvalue weighted by Gasteiger charge is 2.22. The third-order valence-electron chi connectivity index (χ3n) is 5.07. The summed E-state index contributed by atoms with van der Waals surface area (Å²) in [7, 11) is 1.97. The molecule has 1 aromatic carbocycles. The first-order valence-corrected chi connectivity index (χ1v) is 9.81. The van der Waals surface area contributed by atoms with Gasteiger partial charge in [0.2, 0.25) is 5.91 Å². The summed E-state index contributed by atoms with van der Waals surface area (Å²) in [6.07, 6.45) is 4.45. The van der Waals surface area contributed by atoms with Crippen molar-refractivity contribution < 1.29 is 18.7 Å². The van der Waals surface area contributed by atoms with E-state index in [1.807, 2.05) is 29.8 Å². The molecule has 8 heteroatoms. The third kappa shape index (κ3) is 4.32. The Balaban J connectivity index is 1.35. The molecular formula is C21H24N4O4. The largest absolute Gasteiger partial charge is 0.459 e. The van der Waals surface area contributed by atoms with Crippen molar-refractivity contribution in [3.05, 3.63) is 48.2 Å². The second-order valence-electron chi connectivity index (χ2n) is 7.12. The highest BCUT2D eigenvalue weighted by atomic mass is 16.5. The van der Waals surface area contributed by atoms with E-state index in [0.717, 1.165) is 42.5 Å². The molecule has 4 rings (SSSR count). The standard InChI is InChI=1S/C21H24N4O4/c1-25-16-9-8-14(23-21(27)18-6-4-12-29-18)13-15(16)24-19(25)7-2-10-22-20(26)17-5-3-11-28-17/h4,6,8-9,12-13,17H,2-3,5,7,10-11H2,1H3,(H,22,26)(H,23,27)/t17-/m1/s1. The van der Waals surface area contributed by atoms with Crippen LogP contribution in [0.15, 0.2) is 41.0 Å². The van der Waals surface area contributed by atoms with Crippen molar-refractivity contribution in [2.45, 2.75) is 31.8 Å². The molecule has 0 unspecified atom stereocenters. The molecular weight excluding hydrogens is 372 g/mol. The molecule has 152 valence electrons. The maximum Gasteiger partial charge on any atom is 0.291 e. The first-order valence-electron chi connectivity index (χ1n) is 9.81. The fraction of sp³-hybridized carbons (Fsp3) is 0.381. The number of ether oxygens (including phenoxy) is 1. The Morgan fingerprint density at radius 2 is 2.21 bits per heavy atom. The normalized spacial score (nSPS) is 16.2. The Morgan fingerprint density at radius 3 is 2.97 bits per heavy atom. The van der Waals surface area contributed by atoms with E-state index in [4.69, 9.17) is 9.15 Å². The molecule has 0 bridgehead atoms. The van der Waals surface area contributed by atoms with Gasteiger partial charge in [0.25, 0.3) is 5.91 Å². The molecule has 29 heavy (non-hydrogen) atoms. The number of hydrogen-bond donors (Lipinski definition) is 2. The molecule has 0 aliphatic carbocycles. The van der Waals surface area contributed by atoms with Crippen molar-refractivity contribution in [2.24, 2.45) is 7.05 Å². The number of nitrogens with one attached hydrogen (secondary N) is 2. The Bertz CT molecular complexity index is 1000. The average molecular weight is 396 g/mol. The van der Waals surface area contributed by atoms with E-state index >= 15 is 0 Å². The molecule has 2 aromatic heterocycles. The van der Waals surface area contributed by atoms with Crippen molar-refractivity contribution in [3.63, 3.8) is 0 Å². The molecule has 1 fully saturated rings. The summed E-state index contributed by atoms with van der Waals surface area (Å²) in [5.74, 6) is 0.870. The van der Waals surface area contributed by atoms with E-state index in [-0.39, 0.29) is 23.7 Å². The Hall–Kier alpha value is -3.13. The Labute approximate surface area is 168 Å². The molecule has 1 aliphatic heterocycles. The minimum Gasteiger partial charge on any atom is -0.459 e. The van der Waals surface area contributed by atoms with Crippen LogP contribution in [0.25, 0.3) is 11.0 Å². The summed E-state index contributed by atoms with van der Waals surface area (Å²) < 4.78 is 12.5. The number of amides is 2. The molecule has 2 amide bonds. The van der Waals surface area contributed by atoms with Gasteiger partial charge in [-0.1, -0.05) is 0 Å². The van der Waals surface area contributed by atoms with Crippen LogP contribution in [-0.4, -0.2) is 40.6 Å². The van der Waals surface area contributed by atoms with Gasteiger partial charge in [-0.25, -0.2) is 4.98 Å². The smallest absolute Gasteiger partial charge is 0.291 e. The highest BCUT2D eigenvalue weighted by Crippen LogP contribution is 2.21. The first kappa shape index (κ1) is 19.2. The SMILES string of the molecule is Cn1c(CCCNC(=O)[C@H]2CCCO2)nc2cc(NC(=O)c3ccco3)ccc21. The maximum absolute atomic E-state index is 12.1. The number of hydrogen-bond acceptors (Lipinski definition) is 5. The van der Waals surface area contributed by atoms with E-state index in [1.165, 1.54) is 6.26 Å². The fourth-order valence-electron chi connectivity index (χ4n) is 3.51. The summed E-state index contributed by atoms with van der Waals surface area (Å²) in [4.78, 5) is 28.8. The second kappa shape index (κ2) is 8.48. The number of aryl methyl sites for hydroxylation is 2. The molecule has 1 atom stereocenters. The van der Waals surface area contributed by atoms with Gasteiger partial charge in [0.05, 0.1) is 17.3 Å². The van der Waals surface area contributed by atoms with Crippen LogP contribution in [0.5, 0.6) is 0 Å². The summed E-state index contributed by atoms with van der Waals surface area (Å²) in [5.41, 5.74) is 2.45. The highest BCUT2D eigenvalue weighted by molar-refractivity contribution is 6.03. The number of carbonyl (C=O) groups is 2. The van der Waals surface area contributed by atoms with Gasteiger partial charge < -0.3 is 24.4 Å².